The zero-order valence-electron chi connectivity index (χ0n) is 14.0. The Labute approximate surface area is 141 Å². The van der Waals surface area contributed by atoms with E-state index in [-0.39, 0.29) is 11.6 Å². The number of amides is 1. The maximum absolute atomic E-state index is 12.3. The van der Waals surface area contributed by atoms with Crippen molar-refractivity contribution < 1.29 is 19.4 Å². The number of carbonyl (C=O) groups is 2. The molecule has 126 valence electrons. The molecule has 0 bridgehead atoms. The maximum atomic E-state index is 12.3. The van der Waals surface area contributed by atoms with Gasteiger partial charge in [0.15, 0.2) is 0 Å². The Morgan fingerprint density at radius 2 is 1.74 bits per heavy atom. The first-order valence-corrected chi connectivity index (χ1v) is 7.61. The predicted octanol–water partition coefficient (Wildman–Crippen LogP) is 4.41. The van der Waals surface area contributed by atoms with E-state index >= 15 is 0 Å². The highest BCUT2D eigenvalue weighted by Gasteiger charge is 2.24. The Morgan fingerprint density at radius 1 is 1.22 bits per heavy atom. The van der Waals surface area contributed by atoms with Crippen LogP contribution in [0.15, 0.2) is 30.5 Å². The van der Waals surface area contributed by atoms with Crippen molar-refractivity contribution in [2.24, 2.45) is 0 Å². The van der Waals surface area contributed by atoms with Crippen molar-refractivity contribution in [3.63, 3.8) is 0 Å². The van der Waals surface area contributed by atoms with E-state index in [1.807, 2.05) is 0 Å². The van der Waals surface area contributed by atoms with Gasteiger partial charge in [-0.15, -0.1) is 0 Å². The van der Waals surface area contributed by atoms with E-state index in [2.05, 4.69) is 0 Å². The van der Waals surface area contributed by atoms with Crippen molar-refractivity contribution in [1.82, 2.24) is 4.90 Å². The average molecular weight is 340 g/mol. The number of nitrogens with zero attached hydrogens (tertiary/aromatic N) is 1. The number of carbonyl (C=O) groups excluding carboxylic acids is 1. The van der Waals surface area contributed by atoms with Gasteiger partial charge in [-0.1, -0.05) is 23.7 Å². The molecule has 0 aliphatic rings. The van der Waals surface area contributed by atoms with Gasteiger partial charge in [0.1, 0.15) is 5.60 Å². The third kappa shape index (κ3) is 5.94. The van der Waals surface area contributed by atoms with Gasteiger partial charge >= 0.3 is 12.1 Å². The van der Waals surface area contributed by atoms with Crippen molar-refractivity contribution in [3.05, 3.63) is 41.1 Å². The van der Waals surface area contributed by atoms with Gasteiger partial charge < -0.3 is 9.84 Å². The number of rotatable bonds is 4. The van der Waals surface area contributed by atoms with Crippen LogP contribution >= 0.6 is 11.6 Å². The normalized spacial score (nSPS) is 12.2. The minimum atomic E-state index is -1.14. The number of halogens is 1. The fraction of sp³-hybridized carbons (Fsp3) is 0.412. The van der Waals surface area contributed by atoms with Gasteiger partial charge in [-0.3, -0.25) is 4.90 Å². The van der Waals surface area contributed by atoms with E-state index in [0.29, 0.717) is 10.6 Å². The van der Waals surface area contributed by atoms with E-state index in [1.165, 1.54) is 11.1 Å². The second-order valence-electron chi connectivity index (χ2n) is 6.34. The summed E-state index contributed by atoms with van der Waals surface area (Å²) in [6.45, 7) is 8.82. The quantitative estimate of drug-likeness (QED) is 0.825. The first kappa shape index (κ1) is 19.0. The molecule has 0 saturated carbocycles. The van der Waals surface area contributed by atoms with Crippen LogP contribution in [0.4, 0.5) is 4.79 Å². The van der Waals surface area contributed by atoms with Crippen molar-refractivity contribution in [2.45, 2.75) is 46.3 Å². The fourth-order valence-electron chi connectivity index (χ4n) is 1.75. The smallest absolute Gasteiger partial charge is 0.414 e. The zero-order chi connectivity index (χ0) is 17.8. The van der Waals surface area contributed by atoms with Crippen molar-refractivity contribution >= 4 is 29.2 Å². The highest BCUT2D eigenvalue weighted by molar-refractivity contribution is 6.30. The summed E-state index contributed by atoms with van der Waals surface area (Å²) < 4.78 is 5.33. The molecule has 0 aliphatic carbocycles. The Morgan fingerprint density at radius 3 is 2.13 bits per heavy atom. The summed E-state index contributed by atoms with van der Waals surface area (Å²) in [4.78, 5) is 25.1. The lowest BCUT2D eigenvalue weighted by atomic mass is 10.1. The lowest BCUT2D eigenvalue weighted by Crippen LogP contribution is -2.37. The van der Waals surface area contributed by atoms with Crippen molar-refractivity contribution in [3.8, 4) is 0 Å². The molecule has 23 heavy (non-hydrogen) atoms. The van der Waals surface area contributed by atoms with E-state index < -0.39 is 17.7 Å². The summed E-state index contributed by atoms with van der Waals surface area (Å²) in [5.74, 6) is -1.14. The summed E-state index contributed by atoms with van der Waals surface area (Å²) in [7, 11) is 0. The second-order valence-corrected chi connectivity index (χ2v) is 6.77. The molecule has 0 aliphatic heterocycles. The van der Waals surface area contributed by atoms with E-state index in [1.54, 1.807) is 58.9 Å². The third-order valence-electron chi connectivity index (χ3n) is 2.81. The monoisotopic (exact) mass is 339 g/mol. The summed E-state index contributed by atoms with van der Waals surface area (Å²) in [6.07, 6.45) is 0.699. The molecule has 5 nitrogen and oxygen atoms in total. The molecule has 0 unspecified atom stereocenters. The number of hydrogen-bond donors (Lipinski definition) is 1. The van der Waals surface area contributed by atoms with Gasteiger partial charge in [0.05, 0.1) is 5.57 Å². The van der Waals surface area contributed by atoms with Crippen molar-refractivity contribution in [2.75, 3.05) is 0 Å². The Bertz CT molecular complexity index is 600. The van der Waals surface area contributed by atoms with Crippen LogP contribution < -0.4 is 0 Å². The minimum absolute atomic E-state index is 0.0128. The number of carboxylic acid groups (broad SMARTS) is 1. The molecule has 0 fully saturated rings. The minimum Gasteiger partial charge on any atom is -0.478 e. The number of benzene rings is 1. The molecule has 0 heterocycles. The number of aliphatic carboxylic acids is 1. The third-order valence-corrected chi connectivity index (χ3v) is 3.07. The fourth-order valence-corrected chi connectivity index (χ4v) is 1.87. The number of carboxylic acids is 1. The predicted molar refractivity (Wildman–Crippen MR) is 90.3 cm³/mol. The van der Waals surface area contributed by atoms with Gasteiger partial charge in [0.25, 0.3) is 0 Å². The Kier molecular flexibility index (Phi) is 6.21. The van der Waals surface area contributed by atoms with Crippen LogP contribution in [0, 0.1) is 0 Å². The molecule has 0 radical (unpaired) electrons. The van der Waals surface area contributed by atoms with E-state index in [9.17, 15) is 14.7 Å². The molecule has 0 saturated heterocycles. The van der Waals surface area contributed by atoms with Crippen LogP contribution in [0.1, 0.15) is 40.2 Å². The molecule has 0 aromatic heterocycles. The summed E-state index contributed by atoms with van der Waals surface area (Å²) in [6, 6.07) is 6.12. The molecule has 6 heteroatoms. The molecular formula is C17H22ClNO4. The molecule has 1 aromatic rings. The van der Waals surface area contributed by atoms with E-state index in [4.69, 9.17) is 16.3 Å². The average Bonchev–Trinajstić information content (AvgIpc) is 2.38. The topological polar surface area (TPSA) is 66.8 Å². The Balaban J connectivity index is 3.22. The molecule has 0 spiro atoms. The van der Waals surface area contributed by atoms with Gasteiger partial charge in [0.2, 0.25) is 0 Å². The molecule has 1 N–H and O–H groups in total. The summed E-state index contributed by atoms with van der Waals surface area (Å²) in [5, 5.41) is 9.97. The van der Waals surface area contributed by atoms with Crippen LogP contribution in [-0.2, 0) is 9.53 Å². The largest absolute Gasteiger partial charge is 0.478 e. The summed E-state index contributed by atoms with van der Waals surface area (Å²) >= 11 is 5.82. The van der Waals surface area contributed by atoms with Gasteiger partial charge in [-0.2, -0.15) is 0 Å². The van der Waals surface area contributed by atoms with Crippen LogP contribution in [0.25, 0.3) is 5.57 Å². The van der Waals surface area contributed by atoms with Crippen molar-refractivity contribution in [1.29, 1.82) is 0 Å². The number of hydrogen-bond acceptors (Lipinski definition) is 3. The van der Waals surface area contributed by atoms with Gasteiger partial charge in [-0.25, -0.2) is 9.59 Å². The van der Waals surface area contributed by atoms with Crippen LogP contribution in [-0.4, -0.2) is 33.7 Å². The number of ether oxygens (including phenoxy) is 1. The lowest BCUT2D eigenvalue weighted by molar-refractivity contribution is -0.130. The highest BCUT2D eigenvalue weighted by atomic mass is 35.5. The molecule has 1 aromatic carbocycles. The maximum Gasteiger partial charge on any atom is 0.414 e. The standard InChI is InChI=1S/C17H22ClNO4/c1-11(2)19(16(22)23-17(3,4)5)10-14(15(20)21)12-6-8-13(18)9-7-12/h6-11H,1-5H3,(H,20,21)/b14-10+. The molecule has 1 rings (SSSR count). The molecule has 1 amide bonds. The van der Waals surface area contributed by atoms with Gasteiger partial charge in [-0.05, 0) is 52.3 Å². The molecular weight excluding hydrogens is 318 g/mol. The summed E-state index contributed by atoms with van der Waals surface area (Å²) in [5.41, 5.74) is -0.223. The van der Waals surface area contributed by atoms with Crippen LogP contribution in [0.3, 0.4) is 0 Å². The van der Waals surface area contributed by atoms with Crippen LogP contribution in [0.5, 0.6) is 0 Å². The van der Waals surface area contributed by atoms with E-state index in [0.717, 1.165) is 0 Å². The first-order chi connectivity index (χ1) is 10.5. The second kappa shape index (κ2) is 7.51. The SMILES string of the molecule is CC(C)N(/C=C(/C(=O)O)c1ccc(Cl)cc1)C(=O)OC(C)(C)C. The van der Waals surface area contributed by atoms with Crippen LogP contribution in [0.2, 0.25) is 5.02 Å². The first-order valence-electron chi connectivity index (χ1n) is 7.23. The Hall–Kier alpha value is -2.01. The lowest BCUT2D eigenvalue weighted by Gasteiger charge is -2.28. The highest BCUT2D eigenvalue weighted by Crippen LogP contribution is 2.21. The molecule has 0 atom stereocenters. The van der Waals surface area contributed by atoms with Gasteiger partial charge in [0, 0.05) is 17.3 Å². The zero-order valence-corrected chi connectivity index (χ0v) is 14.7.